The van der Waals surface area contributed by atoms with Gasteiger partial charge in [-0.05, 0) is 42.5 Å². The van der Waals surface area contributed by atoms with E-state index in [0.29, 0.717) is 12.2 Å². The van der Waals surface area contributed by atoms with E-state index in [0.717, 1.165) is 22.3 Å². The summed E-state index contributed by atoms with van der Waals surface area (Å²) in [6.45, 7) is 2.52. The summed E-state index contributed by atoms with van der Waals surface area (Å²) >= 11 is 1.63. The van der Waals surface area contributed by atoms with Crippen LogP contribution in [0.3, 0.4) is 0 Å². The number of benzene rings is 2. The molecule has 0 amide bonds. The Balaban J connectivity index is 2.30. The highest BCUT2D eigenvalue weighted by atomic mass is 32.2. The fraction of sp³-hybridized carbons (Fsp3) is 0.250. The van der Waals surface area contributed by atoms with E-state index in [1.165, 1.54) is 18.2 Å². The molecule has 0 radical (unpaired) electrons. The summed E-state index contributed by atoms with van der Waals surface area (Å²) in [6.07, 6.45) is 2.96. The van der Waals surface area contributed by atoms with Crippen LogP contribution >= 0.6 is 11.8 Å². The van der Waals surface area contributed by atoms with Gasteiger partial charge in [0, 0.05) is 29.4 Å². The molecule has 2 rings (SSSR count). The van der Waals surface area contributed by atoms with E-state index < -0.39 is 20.4 Å². The molecule has 6 nitrogen and oxygen atoms in total. The number of nitro benzene ring substituents is 1. The molecule has 0 spiro atoms. The third-order valence-electron chi connectivity index (χ3n) is 3.48. The van der Waals surface area contributed by atoms with E-state index in [9.17, 15) is 18.5 Å². The Hall–Kier alpha value is -2.06. The van der Waals surface area contributed by atoms with Crippen LogP contribution in [0.4, 0.5) is 11.4 Å². The van der Waals surface area contributed by atoms with Crippen molar-refractivity contribution in [2.45, 2.75) is 23.3 Å². The van der Waals surface area contributed by atoms with Crippen LogP contribution in [-0.2, 0) is 16.4 Å². The summed E-state index contributed by atoms with van der Waals surface area (Å²) in [6, 6.07) is 10.1. The molecule has 0 unspecified atom stereocenters. The first-order valence-electron chi connectivity index (χ1n) is 7.08. The number of nitrogens with zero attached hydrogens (tertiary/aromatic N) is 1. The number of thioether (sulfide) groups is 1. The second-order valence-corrected chi connectivity index (χ2v) is 8.21. The first-order valence-corrected chi connectivity index (χ1v) is 10.2. The Labute approximate surface area is 145 Å². The molecule has 24 heavy (non-hydrogen) atoms. The Morgan fingerprint density at radius 2 is 1.92 bits per heavy atom. The molecule has 0 atom stereocenters. The molecule has 0 saturated carbocycles. The standard InChI is InChI=1S/C16H18N2O4S2/c1-11-4-5-12(15(8-11)23-2)10-17-13-6-7-14(18(19)20)16(9-13)24(3,21)22/h4-9,17H,10H2,1-3H3. The highest BCUT2D eigenvalue weighted by molar-refractivity contribution is 7.98. The maximum Gasteiger partial charge on any atom is 0.288 e. The van der Waals surface area contributed by atoms with Gasteiger partial charge in [-0.2, -0.15) is 0 Å². The van der Waals surface area contributed by atoms with Crippen LogP contribution in [0.5, 0.6) is 0 Å². The zero-order valence-corrected chi connectivity index (χ0v) is 15.2. The summed E-state index contributed by atoms with van der Waals surface area (Å²) < 4.78 is 23.6. The lowest BCUT2D eigenvalue weighted by Crippen LogP contribution is -2.06. The van der Waals surface area contributed by atoms with Gasteiger partial charge in [-0.3, -0.25) is 10.1 Å². The van der Waals surface area contributed by atoms with Gasteiger partial charge in [-0.15, -0.1) is 11.8 Å². The molecular formula is C16H18N2O4S2. The summed E-state index contributed by atoms with van der Waals surface area (Å²) in [7, 11) is -3.69. The molecular weight excluding hydrogens is 348 g/mol. The van der Waals surface area contributed by atoms with E-state index in [2.05, 4.69) is 11.4 Å². The van der Waals surface area contributed by atoms with Gasteiger partial charge in [0.25, 0.3) is 5.69 Å². The minimum Gasteiger partial charge on any atom is -0.381 e. The van der Waals surface area contributed by atoms with Crippen LogP contribution < -0.4 is 5.32 Å². The highest BCUT2D eigenvalue weighted by Gasteiger charge is 2.22. The molecule has 0 aliphatic heterocycles. The van der Waals surface area contributed by atoms with Crippen LogP contribution in [0.25, 0.3) is 0 Å². The van der Waals surface area contributed by atoms with Crippen LogP contribution in [0, 0.1) is 17.0 Å². The minimum absolute atomic E-state index is 0.286. The van der Waals surface area contributed by atoms with Gasteiger partial charge < -0.3 is 5.32 Å². The largest absolute Gasteiger partial charge is 0.381 e. The zero-order chi connectivity index (χ0) is 17.9. The number of nitro groups is 1. The van der Waals surface area contributed by atoms with E-state index in [1.54, 1.807) is 11.8 Å². The second kappa shape index (κ2) is 7.23. The monoisotopic (exact) mass is 366 g/mol. The van der Waals surface area contributed by atoms with Gasteiger partial charge in [0.2, 0.25) is 0 Å². The lowest BCUT2D eigenvalue weighted by atomic mass is 10.1. The average Bonchev–Trinajstić information content (AvgIpc) is 2.52. The Morgan fingerprint density at radius 1 is 1.21 bits per heavy atom. The summed E-state index contributed by atoms with van der Waals surface area (Å²) in [5.74, 6) is 0. The van der Waals surface area contributed by atoms with Crippen molar-refractivity contribution in [2.24, 2.45) is 0 Å². The lowest BCUT2D eigenvalue weighted by molar-refractivity contribution is -0.387. The van der Waals surface area contributed by atoms with Crippen molar-refractivity contribution in [3.8, 4) is 0 Å². The normalized spacial score (nSPS) is 11.3. The number of aryl methyl sites for hydroxylation is 1. The molecule has 0 aromatic heterocycles. The number of hydrogen-bond acceptors (Lipinski definition) is 6. The summed E-state index contributed by atoms with van der Waals surface area (Å²) in [5.41, 5.74) is 2.35. The molecule has 0 aliphatic rings. The maximum absolute atomic E-state index is 11.8. The van der Waals surface area contributed by atoms with Crippen LogP contribution in [0.1, 0.15) is 11.1 Å². The topological polar surface area (TPSA) is 89.3 Å². The van der Waals surface area contributed by atoms with Crippen molar-refractivity contribution in [1.82, 2.24) is 0 Å². The number of sulfone groups is 1. The molecule has 128 valence electrons. The Bertz CT molecular complexity index is 880. The minimum atomic E-state index is -3.69. The van der Waals surface area contributed by atoms with Crippen LogP contribution in [0.15, 0.2) is 46.2 Å². The predicted molar refractivity (Wildman–Crippen MR) is 96.5 cm³/mol. The van der Waals surface area contributed by atoms with E-state index in [4.69, 9.17) is 0 Å². The predicted octanol–water partition coefficient (Wildman–Crippen LogP) is 3.64. The van der Waals surface area contributed by atoms with Gasteiger partial charge in [0.15, 0.2) is 9.84 Å². The third-order valence-corrected chi connectivity index (χ3v) is 5.43. The van der Waals surface area contributed by atoms with Crippen LogP contribution in [0.2, 0.25) is 0 Å². The lowest BCUT2D eigenvalue weighted by Gasteiger charge is -2.12. The quantitative estimate of drug-likeness (QED) is 0.477. The number of anilines is 1. The number of rotatable bonds is 6. The second-order valence-electron chi connectivity index (χ2n) is 5.38. The van der Waals surface area contributed by atoms with Crippen LogP contribution in [-0.4, -0.2) is 25.9 Å². The van der Waals surface area contributed by atoms with Gasteiger partial charge >= 0.3 is 0 Å². The first-order chi connectivity index (χ1) is 11.2. The molecule has 2 aromatic carbocycles. The average molecular weight is 366 g/mol. The first kappa shape index (κ1) is 18.3. The van der Waals surface area contributed by atoms with Crippen molar-refractivity contribution >= 4 is 33.0 Å². The molecule has 1 N–H and O–H groups in total. The molecule has 0 heterocycles. The molecule has 2 aromatic rings. The van der Waals surface area contributed by atoms with Crippen molar-refractivity contribution in [1.29, 1.82) is 0 Å². The van der Waals surface area contributed by atoms with Crippen molar-refractivity contribution in [2.75, 3.05) is 17.8 Å². The Morgan fingerprint density at radius 3 is 2.50 bits per heavy atom. The van der Waals surface area contributed by atoms with E-state index in [-0.39, 0.29) is 4.90 Å². The van der Waals surface area contributed by atoms with Crippen molar-refractivity contribution in [3.63, 3.8) is 0 Å². The SMILES string of the molecule is CSc1cc(C)ccc1CNc1ccc([N+](=O)[O-])c(S(C)(=O)=O)c1. The van der Waals surface area contributed by atoms with Gasteiger partial charge in [-0.1, -0.05) is 12.1 Å². The molecule has 0 bridgehead atoms. The zero-order valence-electron chi connectivity index (χ0n) is 13.6. The summed E-state index contributed by atoms with van der Waals surface area (Å²) in [4.78, 5) is 11.2. The van der Waals surface area contributed by atoms with E-state index >= 15 is 0 Å². The molecule has 0 saturated heterocycles. The summed E-state index contributed by atoms with van der Waals surface area (Å²) in [5, 5.41) is 14.1. The fourth-order valence-electron chi connectivity index (χ4n) is 2.27. The van der Waals surface area contributed by atoms with Crippen molar-refractivity contribution in [3.05, 3.63) is 57.6 Å². The van der Waals surface area contributed by atoms with Crippen molar-refractivity contribution < 1.29 is 13.3 Å². The molecule has 0 aliphatic carbocycles. The highest BCUT2D eigenvalue weighted by Crippen LogP contribution is 2.28. The van der Waals surface area contributed by atoms with E-state index in [1.807, 2.05) is 25.3 Å². The third kappa shape index (κ3) is 4.27. The van der Waals surface area contributed by atoms with Gasteiger partial charge in [0.05, 0.1) is 4.92 Å². The maximum atomic E-state index is 11.8. The molecule has 8 heteroatoms. The fourth-order valence-corrected chi connectivity index (χ4v) is 3.84. The van der Waals surface area contributed by atoms with Gasteiger partial charge in [0.1, 0.15) is 4.90 Å². The number of nitrogens with one attached hydrogen (secondary N) is 1. The molecule has 0 fully saturated rings. The van der Waals surface area contributed by atoms with Gasteiger partial charge in [-0.25, -0.2) is 8.42 Å². The smallest absolute Gasteiger partial charge is 0.288 e. The Kier molecular flexibility index (Phi) is 5.51. The number of hydrogen-bond donors (Lipinski definition) is 1.